The molecule has 7 heteroatoms. The highest BCUT2D eigenvalue weighted by Gasteiger charge is 2.28. The predicted molar refractivity (Wildman–Crippen MR) is 74.5 cm³/mol. The maximum absolute atomic E-state index is 12.1. The minimum atomic E-state index is -1.44. The van der Waals surface area contributed by atoms with Gasteiger partial charge in [0.15, 0.2) is 0 Å². The van der Waals surface area contributed by atoms with Crippen LogP contribution in [-0.2, 0) is 4.79 Å². The van der Waals surface area contributed by atoms with E-state index in [1.165, 1.54) is 6.92 Å². The number of carboxylic acid groups (broad SMARTS) is 1. The fourth-order valence-electron chi connectivity index (χ4n) is 2.44. The van der Waals surface area contributed by atoms with Gasteiger partial charge in [-0.2, -0.15) is 0 Å². The monoisotopic (exact) mass is 287 g/mol. The Morgan fingerprint density at radius 2 is 2.00 bits per heavy atom. The molecule has 0 radical (unpaired) electrons. The van der Waals surface area contributed by atoms with Gasteiger partial charge in [-0.05, 0) is 39.8 Å². The van der Waals surface area contributed by atoms with Crippen molar-refractivity contribution in [3.63, 3.8) is 0 Å². The lowest BCUT2D eigenvalue weighted by atomic mass is 10.0. The number of carbonyl (C=O) groups excluding carboxylic acids is 1. The summed E-state index contributed by atoms with van der Waals surface area (Å²) in [6.45, 7) is 5.63. The Hall–Kier alpha value is -1.34. The largest absolute Gasteiger partial charge is 0.481 e. The molecule has 1 heterocycles. The van der Waals surface area contributed by atoms with Gasteiger partial charge in [0.05, 0.1) is 12.0 Å². The number of aliphatic hydroxyl groups is 1. The Balaban J connectivity index is 2.48. The molecule has 0 saturated carbocycles. The second-order valence-electron chi connectivity index (χ2n) is 5.49. The average Bonchev–Trinajstić information content (AvgIpc) is 2.37. The summed E-state index contributed by atoms with van der Waals surface area (Å²) >= 11 is 0. The molecule has 0 spiro atoms. The summed E-state index contributed by atoms with van der Waals surface area (Å²) in [4.78, 5) is 24.5. The molecular formula is C13H25N3O4. The number of carboxylic acids is 1. The Labute approximate surface area is 119 Å². The van der Waals surface area contributed by atoms with E-state index in [0.717, 1.165) is 25.9 Å². The zero-order valence-electron chi connectivity index (χ0n) is 12.2. The van der Waals surface area contributed by atoms with E-state index in [9.17, 15) is 14.7 Å². The van der Waals surface area contributed by atoms with Gasteiger partial charge in [-0.1, -0.05) is 0 Å². The van der Waals surface area contributed by atoms with Crippen molar-refractivity contribution in [1.82, 2.24) is 15.5 Å². The number of nitrogens with one attached hydrogen (secondary N) is 2. The summed E-state index contributed by atoms with van der Waals surface area (Å²) < 4.78 is 0. The number of rotatable bonds is 6. The first-order valence-electron chi connectivity index (χ1n) is 7.05. The fourth-order valence-corrected chi connectivity index (χ4v) is 2.44. The molecule has 1 atom stereocenters. The number of amides is 2. The maximum atomic E-state index is 12.1. The highest BCUT2D eigenvalue weighted by atomic mass is 16.4. The molecule has 1 rings (SSSR count). The van der Waals surface area contributed by atoms with E-state index in [-0.39, 0.29) is 18.6 Å². The third kappa shape index (κ3) is 5.34. The van der Waals surface area contributed by atoms with Crippen LogP contribution in [0.3, 0.4) is 0 Å². The fraction of sp³-hybridized carbons (Fsp3) is 0.846. The Morgan fingerprint density at radius 3 is 2.50 bits per heavy atom. The molecule has 0 aromatic rings. The topological polar surface area (TPSA) is 102 Å². The number of carbonyl (C=O) groups is 2. The normalized spacial score (nSPS) is 19.1. The average molecular weight is 287 g/mol. The van der Waals surface area contributed by atoms with Crippen LogP contribution in [0.2, 0.25) is 0 Å². The maximum Gasteiger partial charge on any atom is 0.317 e. The number of hydrogen-bond acceptors (Lipinski definition) is 4. The minimum Gasteiger partial charge on any atom is -0.481 e. The molecule has 1 aliphatic rings. The van der Waals surface area contributed by atoms with E-state index in [2.05, 4.69) is 10.6 Å². The van der Waals surface area contributed by atoms with Crippen molar-refractivity contribution >= 4 is 12.0 Å². The third-order valence-electron chi connectivity index (χ3n) is 3.50. The SMILES string of the molecule is CCN(C(=O)NCC(C)(O)CC(=O)O)C1CCNCC1. The van der Waals surface area contributed by atoms with Crippen LogP contribution in [0.4, 0.5) is 4.79 Å². The predicted octanol–water partition coefficient (Wildman–Crippen LogP) is -0.00440. The molecule has 0 aromatic carbocycles. The summed E-state index contributed by atoms with van der Waals surface area (Å²) in [5.41, 5.74) is -1.44. The molecule has 2 amide bonds. The van der Waals surface area contributed by atoms with Crippen molar-refractivity contribution in [2.45, 2.75) is 44.8 Å². The van der Waals surface area contributed by atoms with Crippen molar-refractivity contribution in [3.8, 4) is 0 Å². The lowest BCUT2D eigenvalue weighted by Gasteiger charge is -2.34. The third-order valence-corrected chi connectivity index (χ3v) is 3.50. The number of hydrogen-bond donors (Lipinski definition) is 4. The molecular weight excluding hydrogens is 262 g/mol. The molecule has 4 N–H and O–H groups in total. The summed E-state index contributed by atoms with van der Waals surface area (Å²) in [6, 6.07) is -0.0456. The van der Waals surface area contributed by atoms with Crippen LogP contribution in [0, 0.1) is 0 Å². The zero-order chi connectivity index (χ0) is 15.2. The van der Waals surface area contributed by atoms with Gasteiger partial charge in [-0.15, -0.1) is 0 Å². The number of aliphatic carboxylic acids is 1. The van der Waals surface area contributed by atoms with E-state index in [1.807, 2.05) is 6.92 Å². The van der Waals surface area contributed by atoms with Crippen LogP contribution >= 0.6 is 0 Å². The van der Waals surface area contributed by atoms with Gasteiger partial charge >= 0.3 is 12.0 Å². The van der Waals surface area contributed by atoms with Crippen molar-refractivity contribution < 1.29 is 19.8 Å². The van der Waals surface area contributed by atoms with Gasteiger partial charge in [0.25, 0.3) is 0 Å². The van der Waals surface area contributed by atoms with Crippen molar-refractivity contribution in [2.24, 2.45) is 0 Å². The van der Waals surface area contributed by atoms with Crippen molar-refractivity contribution in [1.29, 1.82) is 0 Å². The van der Waals surface area contributed by atoms with Gasteiger partial charge in [0.1, 0.15) is 0 Å². The molecule has 7 nitrogen and oxygen atoms in total. The first-order chi connectivity index (χ1) is 9.35. The summed E-state index contributed by atoms with van der Waals surface area (Å²) in [5.74, 6) is -1.09. The van der Waals surface area contributed by atoms with Crippen LogP contribution in [0.15, 0.2) is 0 Å². The second-order valence-corrected chi connectivity index (χ2v) is 5.49. The van der Waals surface area contributed by atoms with Crippen LogP contribution in [0.1, 0.15) is 33.1 Å². The molecule has 1 saturated heterocycles. The molecule has 116 valence electrons. The lowest BCUT2D eigenvalue weighted by Crippen LogP contribution is -2.52. The second kappa shape index (κ2) is 7.44. The zero-order valence-corrected chi connectivity index (χ0v) is 12.2. The van der Waals surface area contributed by atoms with Gasteiger partial charge in [0.2, 0.25) is 0 Å². The molecule has 0 bridgehead atoms. The van der Waals surface area contributed by atoms with Crippen LogP contribution in [0.5, 0.6) is 0 Å². The number of piperidine rings is 1. The van der Waals surface area contributed by atoms with Gasteiger partial charge < -0.3 is 25.7 Å². The number of urea groups is 1. The Bertz CT molecular complexity index is 341. The summed E-state index contributed by atoms with van der Waals surface area (Å²) in [6.07, 6.45) is 1.42. The summed E-state index contributed by atoms with van der Waals surface area (Å²) in [7, 11) is 0. The van der Waals surface area contributed by atoms with Crippen LogP contribution in [0.25, 0.3) is 0 Å². The van der Waals surface area contributed by atoms with Crippen LogP contribution < -0.4 is 10.6 Å². The Morgan fingerprint density at radius 1 is 1.40 bits per heavy atom. The molecule has 1 aliphatic heterocycles. The number of nitrogens with zero attached hydrogens (tertiary/aromatic N) is 1. The molecule has 0 aliphatic carbocycles. The molecule has 20 heavy (non-hydrogen) atoms. The van der Waals surface area contributed by atoms with E-state index < -0.39 is 18.0 Å². The quantitative estimate of drug-likeness (QED) is 0.550. The van der Waals surface area contributed by atoms with Gasteiger partial charge in [-0.3, -0.25) is 4.79 Å². The highest BCUT2D eigenvalue weighted by Crippen LogP contribution is 2.13. The van der Waals surface area contributed by atoms with E-state index >= 15 is 0 Å². The van der Waals surface area contributed by atoms with Gasteiger partial charge in [0, 0.05) is 19.1 Å². The molecule has 1 unspecified atom stereocenters. The van der Waals surface area contributed by atoms with E-state index in [1.54, 1.807) is 4.90 Å². The van der Waals surface area contributed by atoms with Crippen molar-refractivity contribution in [2.75, 3.05) is 26.2 Å². The van der Waals surface area contributed by atoms with Crippen LogP contribution in [-0.4, -0.2) is 64.9 Å². The minimum absolute atomic E-state index is 0.0698. The molecule has 0 aromatic heterocycles. The lowest BCUT2D eigenvalue weighted by molar-refractivity contribution is -0.141. The van der Waals surface area contributed by atoms with E-state index in [4.69, 9.17) is 5.11 Å². The first kappa shape index (κ1) is 16.7. The highest BCUT2D eigenvalue weighted by molar-refractivity contribution is 5.75. The smallest absolute Gasteiger partial charge is 0.317 e. The van der Waals surface area contributed by atoms with Gasteiger partial charge in [-0.25, -0.2) is 4.79 Å². The summed E-state index contributed by atoms with van der Waals surface area (Å²) in [5, 5.41) is 24.4. The first-order valence-corrected chi connectivity index (χ1v) is 7.05. The van der Waals surface area contributed by atoms with E-state index in [0.29, 0.717) is 6.54 Å². The molecule has 1 fully saturated rings. The standard InChI is InChI=1S/C13H25N3O4/c1-3-16(10-4-6-14-7-5-10)12(19)15-9-13(2,20)8-11(17)18/h10,14,20H,3-9H2,1-2H3,(H,15,19)(H,17,18). The Kier molecular flexibility index (Phi) is 6.22. The van der Waals surface area contributed by atoms with Crippen molar-refractivity contribution in [3.05, 3.63) is 0 Å².